The van der Waals surface area contributed by atoms with Crippen LogP contribution in [0, 0.1) is 6.92 Å². The topological polar surface area (TPSA) is 96.9 Å². The van der Waals surface area contributed by atoms with Crippen molar-refractivity contribution < 1.29 is 63.7 Å². The number of anilines is 1. The highest BCUT2D eigenvalue weighted by Crippen LogP contribution is 2.47. The molecule has 0 radical (unpaired) electrons. The van der Waals surface area contributed by atoms with Crippen molar-refractivity contribution in [2.75, 3.05) is 19.5 Å². The summed E-state index contributed by atoms with van der Waals surface area (Å²) in [5, 5.41) is 12.0. The first kappa shape index (κ1) is 30.5. The average molecular weight is 562 g/mol. The molecule has 3 N–H and O–H groups in total. The lowest BCUT2D eigenvalue weighted by atomic mass is 9.92. The molecule has 0 saturated carbocycles. The van der Waals surface area contributed by atoms with Gasteiger partial charge in [0.15, 0.2) is 0 Å². The van der Waals surface area contributed by atoms with E-state index in [0.29, 0.717) is 19.8 Å². The minimum atomic E-state index is -6.27. The van der Waals surface area contributed by atoms with Crippen LogP contribution in [-0.4, -0.2) is 55.4 Å². The summed E-state index contributed by atoms with van der Waals surface area (Å²) in [6.07, 6.45) is -18.3. The molecule has 2 rings (SSSR count). The molecule has 0 aliphatic rings. The lowest BCUT2D eigenvalue weighted by Gasteiger charge is -2.39. The van der Waals surface area contributed by atoms with Gasteiger partial charge >= 0.3 is 30.2 Å². The molecular weight excluding hydrogens is 543 g/mol. The summed E-state index contributed by atoms with van der Waals surface area (Å²) >= 11 is 0. The van der Waals surface area contributed by atoms with Gasteiger partial charge < -0.3 is 25.2 Å². The fourth-order valence-electron chi connectivity index (χ4n) is 3.19. The number of ether oxygens (including phenoxy) is 2. The molecule has 0 aromatic heterocycles. The van der Waals surface area contributed by atoms with Crippen molar-refractivity contribution in [3.63, 3.8) is 0 Å². The zero-order valence-electron chi connectivity index (χ0n) is 19.5. The van der Waals surface area contributed by atoms with E-state index in [0.717, 1.165) is 22.8 Å². The van der Waals surface area contributed by atoms with Crippen LogP contribution in [0.3, 0.4) is 0 Å². The molecule has 0 aliphatic heterocycles. The summed E-state index contributed by atoms with van der Waals surface area (Å²) in [6.45, 7) is 1.55. The maximum absolute atomic E-state index is 14.0. The van der Waals surface area contributed by atoms with E-state index < -0.39 is 64.2 Å². The molecule has 0 bridgehead atoms. The maximum atomic E-state index is 14.0. The Labute approximate surface area is 208 Å². The second-order valence-electron chi connectivity index (χ2n) is 7.81. The third-order valence-electron chi connectivity index (χ3n) is 5.30. The van der Waals surface area contributed by atoms with Gasteiger partial charge in [0.05, 0.1) is 19.9 Å². The number of amides is 1. The number of carbonyl (C=O) groups is 2. The number of carbonyl (C=O) groups excluding carboxylic acids is 2. The van der Waals surface area contributed by atoms with Crippen LogP contribution in [0.15, 0.2) is 42.5 Å². The minimum Gasteiger partial charge on any atom is -0.495 e. The normalized spacial score (nSPS) is 14.3. The number of nitrogens with one attached hydrogen (secondary N) is 2. The van der Waals surface area contributed by atoms with E-state index in [1.807, 2.05) is 0 Å². The molecule has 1 amide bonds. The first-order valence-corrected chi connectivity index (χ1v) is 10.1. The number of methoxy groups -OCH3 is 2. The third kappa shape index (κ3) is 5.44. The lowest BCUT2D eigenvalue weighted by molar-refractivity contribution is -0.294. The van der Waals surface area contributed by atoms with Gasteiger partial charge in [0, 0.05) is 11.1 Å². The Morgan fingerprint density at radius 2 is 1.34 bits per heavy atom. The molecule has 0 heterocycles. The number of esters is 1. The van der Waals surface area contributed by atoms with E-state index in [2.05, 4.69) is 9.47 Å². The molecule has 2 aromatic rings. The van der Waals surface area contributed by atoms with Gasteiger partial charge in [-0.3, -0.25) is 4.79 Å². The molecule has 38 heavy (non-hydrogen) atoms. The highest BCUT2D eigenvalue weighted by atomic mass is 19.4. The number of aliphatic hydroxyl groups is 1. The quantitative estimate of drug-likeness (QED) is 0.260. The molecule has 0 unspecified atom stereocenters. The van der Waals surface area contributed by atoms with Crippen LogP contribution in [-0.2, 0) is 15.1 Å². The summed E-state index contributed by atoms with van der Waals surface area (Å²) in [5.74, 6) is -5.12. The predicted octanol–water partition coefficient (Wildman–Crippen LogP) is 4.59. The van der Waals surface area contributed by atoms with Gasteiger partial charge in [-0.05, 0) is 31.2 Å². The van der Waals surface area contributed by atoms with Gasteiger partial charge in [0.25, 0.3) is 11.5 Å². The number of benzene rings is 2. The van der Waals surface area contributed by atoms with Gasteiger partial charge in [-0.25, -0.2) is 4.79 Å². The first-order chi connectivity index (χ1) is 17.2. The monoisotopic (exact) mass is 562 g/mol. The van der Waals surface area contributed by atoms with Crippen molar-refractivity contribution in [2.24, 2.45) is 0 Å². The third-order valence-corrected chi connectivity index (χ3v) is 5.30. The predicted molar refractivity (Wildman–Crippen MR) is 112 cm³/mol. The molecule has 0 fully saturated rings. The molecule has 0 saturated heterocycles. The highest BCUT2D eigenvalue weighted by Gasteiger charge is 2.73. The standard InChI is InChI=1S/C22H19F9N2O5/c1-11-4-6-12(7-5-11)16(34)33-19(21(26,27)28,22(29,30)31)32-14-9-8-13(10-15(14)37-2)18(36,17(35)38-3)20(23,24)25/h4-10,32,36H,1-3H3,(H,33,34)/t18-/m1/s1. The van der Waals surface area contributed by atoms with Gasteiger partial charge in [0.1, 0.15) is 5.75 Å². The number of aryl methyl sites for hydroxylation is 1. The number of alkyl halides is 9. The van der Waals surface area contributed by atoms with Crippen LogP contribution < -0.4 is 15.4 Å². The van der Waals surface area contributed by atoms with E-state index >= 15 is 0 Å². The Balaban J connectivity index is 2.69. The minimum absolute atomic E-state index is 0.187. The Bertz CT molecular complexity index is 1160. The second kappa shape index (κ2) is 10.2. The summed E-state index contributed by atoms with van der Waals surface area (Å²) in [7, 11) is 1.19. The maximum Gasteiger partial charge on any atom is 0.439 e. The first-order valence-electron chi connectivity index (χ1n) is 10.1. The van der Waals surface area contributed by atoms with Crippen molar-refractivity contribution in [3.05, 3.63) is 59.2 Å². The summed E-state index contributed by atoms with van der Waals surface area (Å²) in [4.78, 5) is 24.2. The van der Waals surface area contributed by atoms with Crippen LogP contribution in [0.5, 0.6) is 5.75 Å². The number of hydrogen-bond donors (Lipinski definition) is 3. The lowest BCUT2D eigenvalue weighted by Crippen LogP contribution is -2.72. The van der Waals surface area contributed by atoms with Crippen molar-refractivity contribution in [1.82, 2.24) is 5.32 Å². The van der Waals surface area contributed by atoms with E-state index in [1.165, 1.54) is 12.1 Å². The van der Waals surface area contributed by atoms with E-state index in [9.17, 15) is 54.2 Å². The SMILES string of the molecule is COC(=O)[C@](O)(c1ccc(NC(NC(=O)c2ccc(C)cc2)(C(F)(F)F)C(F)(F)F)c(OC)c1)C(F)(F)F. The van der Waals surface area contributed by atoms with Crippen LogP contribution in [0.1, 0.15) is 21.5 Å². The highest BCUT2D eigenvalue weighted by molar-refractivity contribution is 5.95. The second-order valence-corrected chi connectivity index (χ2v) is 7.81. The molecule has 16 heteroatoms. The van der Waals surface area contributed by atoms with Gasteiger partial charge in [0.2, 0.25) is 0 Å². The van der Waals surface area contributed by atoms with Gasteiger partial charge in [-0.15, -0.1) is 0 Å². The molecular formula is C22H19F9N2O5. The number of hydrogen-bond acceptors (Lipinski definition) is 6. The molecule has 210 valence electrons. The fraction of sp³-hybridized carbons (Fsp3) is 0.364. The van der Waals surface area contributed by atoms with Crippen molar-refractivity contribution in [2.45, 2.75) is 36.7 Å². The van der Waals surface area contributed by atoms with Crippen LogP contribution in [0.2, 0.25) is 0 Å². The molecule has 1 atom stereocenters. The Kier molecular flexibility index (Phi) is 8.22. The van der Waals surface area contributed by atoms with Crippen molar-refractivity contribution in [1.29, 1.82) is 0 Å². The Morgan fingerprint density at radius 1 is 0.816 bits per heavy atom. The van der Waals surface area contributed by atoms with Crippen LogP contribution in [0.4, 0.5) is 45.2 Å². The van der Waals surface area contributed by atoms with Gasteiger partial charge in [-0.2, -0.15) is 39.5 Å². The Morgan fingerprint density at radius 3 is 1.76 bits per heavy atom. The molecule has 2 aromatic carbocycles. The summed E-state index contributed by atoms with van der Waals surface area (Å²) in [6, 6.07) is 5.15. The van der Waals surface area contributed by atoms with Crippen LogP contribution in [0.25, 0.3) is 0 Å². The van der Waals surface area contributed by atoms with Crippen molar-refractivity contribution >= 4 is 17.6 Å². The van der Waals surface area contributed by atoms with E-state index in [1.54, 1.807) is 6.92 Å². The summed E-state index contributed by atoms with van der Waals surface area (Å²) < 4.78 is 133. The van der Waals surface area contributed by atoms with E-state index in [-0.39, 0.29) is 18.2 Å². The summed E-state index contributed by atoms with van der Waals surface area (Å²) in [5.41, 5.74) is -12.1. The zero-order chi connectivity index (χ0) is 29.3. The Hall–Kier alpha value is -3.69. The number of halogens is 9. The number of rotatable bonds is 7. The van der Waals surface area contributed by atoms with Gasteiger partial charge in [-0.1, -0.05) is 23.8 Å². The molecule has 0 spiro atoms. The fourth-order valence-corrected chi connectivity index (χ4v) is 3.19. The van der Waals surface area contributed by atoms with E-state index in [4.69, 9.17) is 0 Å². The zero-order valence-corrected chi connectivity index (χ0v) is 19.5. The average Bonchev–Trinajstić information content (AvgIpc) is 2.80. The van der Waals surface area contributed by atoms with Crippen LogP contribution >= 0.6 is 0 Å². The largest absolute Gasteiger partial charge is 0.495 e. The molecule has 7 nitrogen and oxygen atoms in total. The smallest absolute Gasteiger partial charge is 0.439 e. The van der Waals surface area contributed by atoms with Crippen molar-refractivity contribution in [3.8, 4) is 5.75 Å². The molecule has 0 aliphatic carbocycles.